The minimum absolute atomic E-state index is 0.148. The number of carbonyl (C=O) groups excluding carboxylic acids is 3. The summed E-state index contributed by atoms with van der Waals surface area (Å²) in [5.74, 6) is -0.260. The van der Waals surface area contributed by atoms with Crippen LogP contribution in [0.2, 0.25) is 0 Å². The monoisotopic (exact) mass is 379 g/mol. The number of urea groups is 1. The molecule has 0 radical (unpaired) electrons. The zero-order valence-electron chi connectivity index (χ0n) is 16.1. The van der Waals surface area contributed by atoms with Crippen LogP contribution in [0.1, 0.15) is 29.8 Å². The first kappa shape index (κ1) is 19.6. The number of nitrogens with zero attached hydrogens (tertiary/aromatic N) is 1. The standard InChI is InChI=1S/C22H25N3O3/c1-15-13-25(14-16(2)20(15)26)22(28)24-19-10-8-18(9-11-19)21(27)23-12-17-6-4-3-5-7-17/h3-11,15-16H,12-14H2,1-2H3,(H,23,27)(H,24,28)/t15-,16-/m1/s1. The van der Waals surface area contributed by atoms with Crippen molar-refractivity contribution < 1.29 is 14.4 Å². The van der Waals surface area contributed by atoms with Gasteiger partial charge in [0.2, 0.25) is 0 Å². The normalized spacial score (nSPS) is 19.2. The minimum Gasteiger partial charge on any atom is -0.348 e. The van der Waals surface area contributed by atoms with Crippen molar-refractivity contribution in [3.63, 3.8) is 0 Å². The van der Waals surface area contributed by atoms with E-state index in [-0.39, 0.29) is 29.6 Å². The van der Waals surface area contributed by atoms with Crippen molar-refractivity contribution >= 4 is 23.4 Å². The summed E-state index contributed by atoms with van der Waals surface area (Å²) in [7, 11) is 0. The van der Waals surface area contributed by atoms with Gasteiger partial charge in [-0.2, -0.15) is 0 Å². The Kier molecular flexibility index (Phi) is 6.09. The Morgan fingerprint density at radius 1 is 0.964 bits per heavy atom. The first-order valence-electron chi connectivity index (χ1n) is 9.46. The second-order valence-electron chi connectivity index (χ2n) is 7.29. The summed E-state index contributed by atoms with van der Waals surface area (Å²) >= 11 is 0. The number of hydrogen-bond donors (Lipinski definition) is 2. The van der Waals surface area contributed by atoms with Crippen molar-refractivity contribution in [1.29, 1.82) is 0 Å². The molecule has 6 heteroatoms. The summed E-state index contributed by atoms with van der Waals surface area (Å²) in [5, 5.41) is 5.71. The lowest BCUT2D eigenvalue weighted by atomic mass is 9.90. The molecule has 2 atom stereocenters. The Morgan fingerprint density at radius 3 is 2.18 bits per heavy atom. The molecule has 1 aliphatic heterocycles. The Labute approximate surface area is 164 Å². The Morgan fingerprint density at radius 2 is 1.57 bits per heavy atom. The van der Waals surface area contributed by atoms with E-state index in [4.69, 9.17) is 0 Å². The third-order valence-electron chi connectivity index (χ3n) is 4.94. The van der Waals surface area contributed by atoms with Gasteiger partial charge < -0.3 is 15.5 Å². The van der Waals surface area contributed by atoms with Gasteiger partial charge in [-0.15, -0.1) is 0 Å². The van der Waals surface area contributed by atoms with E-state index in [9.17, 15) is 14.4 Å². The molecule has 28 heavy (non-hydrogen) atoms. The highest BCUT2D eigenvalue weighted by atomic mass is 16.2. The lowest BCUT2D eigenvalue weighted by Crippen LogP contribution is -2.49. The first-order chi connectivity index (χ1) is 13.4. The van der Waals surface area contributed by atoms with Gasteiger partial charge in [0.1, 0.15) is 5.78 Å². The molecule has 0 aromatic heterocycles. The molecule has 146 valence electrons. The van der Waals surface area contributed by atoms with Crippen LogP contribution in [0.5, 0.6) is 0 Å². The SMILES string of the molecule is C[C@@H]1CN(C(=O)Nc2ccc(C(=O)NCc3ccccc3)cc2)C[C@@H](C)C1=O. The van der Waals surface area contributed by atoms with Crippen molar-refractivity contribution in [3.8, 4) is 0 Å². The maximum absolute atomic E-state index is 12.5. The van der Waals surface area contributed by atoms with E-state index >= 15 is 0 Å². The van der Waals surface area contributed by atoms with Crippen LogP contribution in [-0.4, -0.2) is 35.7 Å². The van der Waals surface area contributed by atoms with Gasteiger partial charge in [-0.05, 0) is 29.8 Å². The van der Waals surface area contributed by atoms with Gasteiger partial charge in [0.15, 0.2) is 0 Å². The van der Waals surface area contributed by atoms with Gasteiger partial charge in [-0.3, -0.25) is 9.59 Å². The van der Waals surface area contributed by atoms with Crippen LogP contribution in [0.3, 0.4) is 0 Å². The zero-order valence-corrected chi connectivity index (χ0v) is 16.1. The number of nitrogens with one attached hydrogen (secondary N) is 2. The number of piperidine rings is 1. The van der Waals surface area contributed by atoms with Crippen LogP contribution in [0.15, 0.2) is 54.6 Å². The Balaban J connectivity index is 1.54. The molecule has 2 N–H and O–H groups in total. The van der Waals surface area contributed by atoms with Gasteiger partial charge >= 0.3 is 6.03 Å². The Hall–Kier alpha value is -3.15. The fourth-order valence-electron chi connectivity index (χ4n) is 3.35. The highest BCUT2D eigenvalue weighted by molar-refractivity contribution is 5.96. The van der Waals surface area contributed by atoms with Gasteiger partial charge in [-0.25, -0.2) is 4.79 Å². The number of Topliss-reactive ketones (excluding diaryl/α,β-unsaturated/α-hetero) is 1. The van der Waals surface area contributed by atoms with E-state index in [0.29, 0.717) is 30.9 Å². The molecule has 2 aromatic carbocycles. The number of anilines is 1. The van der Waals surface area contributed by atoms with Crippen molar-refractivity contribution in [2.75, 3.05) is 18.4 Å². The second-order valence-corrected chi connectivity index (χ2v) is 7.29. The number of rotatable bonds is 4. The molecule has 3 rings (SSSR count). The molecule has 0 saturated carbocycles. The van der Waals surface area contributed by atoms with Gasteiger partial charge in [0.25, 0.3) is 5.91 Å². The third-order valence-corrected chi connectivity index (χ3v) is 4.94. The fourth-order valence-corrected chi connectivity index (χ4v) is 3.35. The number of amides is 3. The summed E-state index contributed by atoms with van der Waals surface area (Å²) in [5.41, 5.74) is 2.17. The predicted molar refractivity (Wildman–Crippen MR) is 108 cm³/mol. The number of carbonyl (C=O) groups is 3. The highest BCUT2D eigenvalue weighted by Gasteiger charge is 2.32. The zero-order chi connectivity index (χ0) is 20.1. The molecule has 6 nitrogen and oxygen atoms in total. The van der Waals surface area contributed by atoms with Crippen molar-refractivity contribution in [2.24, 2.45) is 11.8 Å². The van der Waals surface area contributed by atoms with E-state index in [0.717, 1.165) is 5.56 Å². The summed E-state index contributed by atoms with van der Waals surface area (Å²) in [6, 6.07) is 16.2. The topological polar surface area (TPSA) is 78.5 Å². The third kappa shape index (κ3) is 4.76. The van der Waals surface area contributed by atoms with E-state index in [1.807, 2.05) is 44.2 Å². The van der Waals surface area contributed by atoms with Crippen LogP contribution in [0.4, 0.5) is 10.5 Å². The average molecular weight is 379 g/mol. The molecule has 0 aliphatic carbocycles. The van der Waals surface area contributed by atoms with E-state index in [2.05, 4.69) is 10.6 Å². The van der Waals surface area contributed by atoms with E-state index in [1.165, 1.54) is 0 Å². The molecular weight excluding hydrogens is 354 g/mol. The Bertz CT molecular complexity index is 835. The fraction of sp³-hybridized carbons (Fsp3) is 0.318. The molecule has 0 spiro atoms. The van der Waals surface area contributed by atoms with Crippen molar-refractivity contribution in [3.05, 3.63) is 65.7 Å². The molecule has 1 heterocycles. The van der Waals surface area contributed by atoms with Gasteiger partial charge in [-0.1, -0.05) is 44.2 Å². The van der Waals surface area contributed by atoms with Crippen LogP contribution < -0.4 is 10.6 Å². The van der Waals surface area contributed by atoms with Gasteiger partial charge in [0.05, 0.1) is 0 Å². The van der Waals surface area contributed by atoms with Crippen LogP contribution in [0, 0.1) is 11.8 Å². The molecule has 1 fully saturated rings. The molecule has 1 aliphatic rings. The average Bonchev–Trinajstić information content (AvgIpc) is 2.71. The summed E-state index contributed by atoms with van der Waals surface area (Å²) < 4.78 is 0. The molecule has 0 bridgehead atoms. The lowest BCUT2D eigenvalue weighted by Gasteiger charge is -2.33. The summed E-state index contributed by atoms with van der Waals surface area (Å²) in [4.78, 5) is 38.3. The lowest BCUT2D eigenvalue weighted by molar-refractivity contribution is -0.129. The molecule has 1 saturated heterocycles. The largest absolute Gasteiger partial charge is 0.348 e. The van der Waals surface area contributed by atoms with Crippen LogP contribution in [-0.2, 0) is 11.3 Å². The predicted octanol–water partition coefficient (Wildman–Crippen LogP) is 3.31. The van der Waals surface area contributed by atoms with Crippen LogP contribution >= 0.6 is 0 Å². The maximum atomic E-state index is 12.5. The molecular formula is C22H25N3O3. The van der Waals surface area contributed by atoms with Crippen molar-refractivity contribution in [2.45, 2.75) is 20.4 Å². The molecule has 0 unspecified atom stereocenters. The first-order valence-corrected chi connectivity index (χ1v) is 9.46. The van der Waals surface area contributed by atoms with Gasteiger partial charge in [0, 0.05) is 42.7 Å². The number of benzene rings is 2. The minimum atomic E-state index is -0.229. The van der Waals surface area contributed by atoms with E-state index in [1.54, 1.807) is 29.2 Å². The quantitative estimate of drug-likeness (QED) is 0.855. The highest BCUT2D eigenvalue weighted by Crippen LogP contribution is 2.19. The number of hydrogen-bond acceptors (Lipinski definition) is 3. The summed E-state index contributed by atoms with van der Waals surface area (Å²) in [6.07, 6.45) is 0. The number of likely N-dealkylation sites (tertiary alicyclic amines) is 1. The van der Waals surface area contributed by atoms with E-state index < -0.39 is 0 Å². The molecule has 2 aromatic rings. The second kappa shape index (κ2) is 8.69. The maximum Gasteiger partial charge on any atom is 0.321 e. The number of ketones is 1. The van der Waals surface area contributed by atoms with Crippen LogP contribution in [0.25, 0.3) is 0 Å². The summed E-state index contributed by atoms with van der Waals surface area (Å²) in [6.45, 7) is 5.01. The van der Waals surface area contributed by atoms with Crippen molar-refractivity contribution in [1.82, 2.24) is 10.2 Å². The molecule has 3 amide bonds. The smallest absolute Gasteiger partial charge is 0.321 e.